The number of ketones is 1. The zero-order chi connectivity index (χ0) is 13.7. The first-order valence-electron chi connectivity index (χ1n) is 5.23. The lowest BCUT2D eigenvalue weighted by atomic mass is 10.2. The van der Waals surface area contributed by atoms with E-state index in [0.717, 1.165) is 0 Å². The van der Waals surface area contributed by atoms with Crippen molar-refractivity contribution < 1.29 is 23.2 Å². The van der Waals surface area contributed by atoms with Gasteiger partial charge in [0, 0.05) is 12.5 Å². The fourth-order valence-corrected chi connectivity index (χ4v) is 1.28. The summed E-state index contributed by atoms with van der Waals surface area (Å²) in [5, 5.41) is 10.3. The maximum atomic E-state index is 13.3. The Labute approximate surface area is 102 Å². The van der Waals surface area contributed by atoms with Gasteiger partial charge in [0.15, 0.2) is 17.3 Å². The van der Waals surface area contributed by atoms with E-state index in [0.29, 0.717) is 18.6 Å². The summed E-state index contributed by atoms with van der Waals surface area (Å²) in [5.41, 5.74) is -0.972. The van der Waals surface area contributed by atoms with E-state index >= 15 is 0 Å². The van der Waals surface area contributed by atoms with Crippen LogP contribution < -0.4 is 4.74 Å². The van der Waals surface area contributed by atoms with Gasteiger partial charge in [-0.15, -0.1) is 0 Å². The number of hydrogen-bond donors (Lipinski definition) is 0. The molecule has 0 saturated heterocycles. The number of carbonyl (C=O) groups excluding carboxylic acids is 1. The monoisotopic (exact) mass is 259 g/mol. The van der Waals surface area contributed by atoms with E-state index in [1.165, 1.54) is 0 Å². The van der Waals surface area contributed by atoms with Crippen molar-refractivity contribution in [1.82, 2.24) is 0 Å². The summed E-state index contributed by atoms with van der Waals surface area (Å²) in [7, 11) is 0. The van der Waals surface area contributed by atoms with Crippen molar-refractivity contribution in [2.24, 2.45) is 0 Å². The first-order chi connectivity index (χ1) is 8.45. The van der Waals surface area contributed by atoms with Crippen molar-refractivity contribution in [3.05, 3.63) is 33.9 Å². The second kappa shape index (κ2) is 6.04. The number of carbonyl (C=O) groups is 1. The molecule has 0 bridgehead atoms. The Morgan fingerprint density at radius 3 is 2.61 bits per heavy atom. The lowest BCUT2D eigenvalue weighted by Gasteiger charge is -2.06. The molecule has 18 heavy (non-hydrogen) atoms. The molecule has 98 valence electrons. The van der Waals surface area contributed by atoms with Crippen LogP contribution in [-0.2, 0) is 4.79 Å². The number of nitro groups is 1. The van der Waals surface area contributed by atoms with Gasteiger partial charge >= 0.3 is 5.69 Å². The molecule has 7 heteroatoms. The minimum Gasteiger partial charge on any atom is -0.483 e. The Kier molecular flexibility index (Phi) is 4.70. The second-order valence-corrected chi connectivity index (χ2v) is 3.57. The minimum absolute atomic E-state index is 0.254. The maximum absolute atomic E-state index is 13.3. The van der Waals surface area contributed by atoms with Crippen LogP contribution in [0.4, 0.5) is 14.5 Å². The van der Waals surface area contributed by atoms with E-state index in [1.807, 2.05) is 0 Å². The molecule has 0 aliphatic heterocycles. The standard InChI is InChI=1S/C11H11F2NO4/c1-2-3-7(15)6-18-11-5-8(12)10(14(16)17)4-9(11)13/h4-5H,2-3,6H2,1H3. The van der Waals surface area contributed by atoms with Gasteiger partial charge in [-0.25, -0.2) is 4.39 Å². The van der Waals surface area contributed by atoms with E-state index in [9.17, 15) is 23.7 Å². The molecule has 0 aliphatic rings. The van der Waals surface area contributed by atoms with E-state index in [4.69, 9.17) is 4.74 Å². The average molecular weight is 259 g/mol. The largest absolute Gasteiger partial charge is 0.483 e. The predicted molar refractivity (Wildman–Crippen MR) is 58.4 cm³/mol. The molecule has 0 fully saturated rings. The molecule has 1 rings (SSSR count). The Bertz CT molecular complexity index is 476. The van der Waals surface area contributed by atoms with Crippen molar-refractivity contribution in [1.29, 1.82) is 0 Å². The molecule has 0 atom stereocenters. The Balaban J connectivity index is 2.82. The van der Waals surface area contributed by atoms with Crippen LogP contribution in [0.25, 0.3) is 0 Å². The van der Waals surface area contributed by atoms with Gasteiger partial charge in [0.2, 0.25) is 5.82 Å². The van der Waals surface area contributed by atoms with Crippen LogP contribution in [0.2, 0.25) is 0 Å². The zero-order valence-corrected chi connectivity index (χ0v) is 9.61. The molecule has 0 aromatic heterocycles. The second-order valence-electron chi connectivity index (χ2n) is 3.57. The van der Waals surface area contributed by atoms with Crippen molar-refractivity contribution in [2.45, 2.75) is 19.8 Å². The van der Waals surface area contributed by atoms with Crippen LogP contribution >= 0.6 is 0 Å². The van der Waals surface area contributed by atoms with Gasteiger partial charge in [-0.2, -0.15) is 4.39 Å². The fourth-order valence-electron chi connectivity index (χ4n) is 1.28. The fraction of sp³-hybridized carbons (Fsp3) is 0.364. The normalized spacial score (nSPS) is 10.2. The van der Waals surface area contributed by atoms with Gasteiger partial charge in [-0.1, -0.05) is 6.92 Å². The number of nitrogens with zero attached hydrogens (tertiary/aromatic N) is 1. The Morgan fingerprint density at radius 1 is 1.39 bits per heavy atom. The highest BCUT2D eigenvalue weighted by molar-refractivity contribution is 5.79. The van der Waals surface area contributed by atoms with E-state index < -0.39 is 28.0 Å². The molecule has 0 radical (unpaired) electrons. The molecule has 0 saturated carbocycles. The summed E-state index contributed by atoms with van der Waals surface area (Å²) < 4.78 is 31.3. The zero-order valence-electron chi connectivity index (χ0n) is 9.61. The summed E-state index contributed by atoms with van der Waals surface area (Å²) in [5.74, 6) is -3.05. The lowest BCUT2D eigenvalue weighted by Crippen LogP contribution is -2.11. The SMILES string of the molecule is CCCC(=O)COc1cc(F)c([N+](=O)[O-])cc1F. The highest BCUT2D eigenvalue weighted by atomic mass is 19.1. The number of halogens is 2. The number of hydrogen-bond acceptors (Lipinski definition) is 4. The predicted octanol–water partition coefficient (Wildman–Crippen LogP) is 2.62. The highest BCUT2D eigenvalue weighted by Crippen LogP contribution is 2.26. The van der Waals surface area contributed by atoms with Crippen molar-refractivity contribution in [2.75, 3.05) is 6.61 Å². The Morgan fingerprint density at radius 2 is 2.06 bits per heavy atom. The molecule has 0 heterocycles. The Hall–Kier alpha value is -2.05. The van der Waals surface area contributed by atoms with Crippen molar-refractivity contribution >= 4 is 11.5 Å². The minimum atomic E-state index is -1.21. The first kappa shape index (κ1) is 14.0. The van der Waals surface area contributed by atoms with E-state index in [2.05, 4.69) is 0 Å². The molecule has 5 nitrogen and oxygen atoms in total. The first-order valence-corrected chi connectivity index (χ1v) is 5.23. The average Bonchev–Trinajstić information content (AvgIpc) is 2.29. The molecular weight excluding hydrogens is 248 g/mol. The van der Waals surface area contributed by atoms with Crippen LogP contribution in [0.1, 0.15) is 19.8 Å². The molecular formula is C11H11F2NO4. The van der Waals surface area contributed by atoms with E-state index in [1.54, 1.807) is 6.92 Å². The molecule has 0 amide bonds. The summed E-state index contributed by atoms with van der Waals surface area (Å²) in [6.07, 6.45) is 0.899. The van der Waals surface area contributed by atoms with Crippen LogP contribution in [0.3, 0.4) is 0 Å². The van der Waals surface area contributed by atoms with Gasteiger partial charge in [-0.05, 0) is 6.42 Å². The van der Waals surface area contributed by atoms with Crippen LogP contribution in [0.15, 0.2) is 12.1 Å². The molecule has 1 aromatic rings. The van der Waals surface area contributed by atoms with Crippen LogP contribution in [-0.4, -0.2) is 17.3 Å². The highest BCUT2D eigenvalue weighted by Gasteiger charge is 2.19. The summed E-state index contributed by atoms with van der Waals surface area (Å²) >= 11 is 0. The number of rotatable bonds is 6. The topological polar surface area (TPSA) is 69.4 Å². The summed E-state index contributed by atoms with van der Waals surface area (Å²) in [6, 6.07) is 0.988. The molecule has 0 unspecified atom stereocenters. The van der Waals surface area contributed by atoms with Gasteiger partial charge in [0.05, 0.1) is 11.0 Å². The van der Waals surface area contributed by atoms with Crippen molar-refractivity contribution in [3.8, 4) is 5.75 Å². The maximum Gasteiger partial charge on any atom is 0.307 e. The number of nitro benzene ring substituents is 1. The number of benzene rings is 1. The van der Waals surface area contributed by atoms with Gasteiger partial charge in [-0.3, -0.25) is 14.9 Å². The molecule has 1 aromatic carbocycles. The quantitative estimate of drug-likeness (QED) is 0.581. The lowest BCUT2D eigenvalue weighted by molar-refractivity contribution is -0.387. The van der Waals surface area contributed by atoms with Gasteiger partial charge in [0.25, 0.3) is 0 Å². The van der Waals surface area contributed by atoms with E-state index in [-0.39, 0.29) is 18.8 Å². The summed E-state index contributed by atoms with van der Waals surface area (Å²) in [4.78, 5) is 20.4. The van der Waals surface area contributed by atoms with Gasteiger partial charge in [0.1, 0.15) is 6.61 Å². The third-order valence-electron chi connectivity index (χ3n) is 2.12. The van der Waals surface area contributed by atoms with Crippen LogP contribution in [0, 0.1) is 21.7 Å². The molecule has 0 spiro atoms. The van der Waals surface area contributed by atoms with Crippen molar-refractivity contribution in [3.63, 3.8) is 0 Å². The third kappa shape index (κ3) is 3.47. The van der Waals surface area contributed by atoms with Crippen LogP contribution in [0.5, 0.6) is 5.75 Å². The smallest absolute Gasteiger partial charge is 0.307 e. The molecule has 0 N–H and O–H groups in total. The number of Topliss-reactive ketones (excluding diaryl/α,β-unsaturated/α-hetero) is 1. The number of ether oxygens (including phenoxy) is 1. The summed E-state index contributed by atoms with van der Waals surface area (Å²) in [6.45, 7) is 1.41. The van der Waals surface area contributed by atoms with Gasteiger partial charge < -0.3 is 4.74 Å². The third-order valence-corrected chi connectivity index (χ3v) is 2.12. The molecule has 0 aliphatic carbocycles.